The van der Waals surface area contributed by atoms with Gasteiger partial charge in [-0.3, -0.25) is 4.85 Å². The molecule has 0 fully saturated rings. The molecular weight excluding hydrogens is 152 g/mol. The molecule has 0 spiro atoms. The van der Waals surface area contributed by atoms with Gasteiger partial charge in [0, 0.05) is 0 Å². The minimum atomic E-state index is 0.163. The van der Waals surface area contributed by atoms with E-state index in [1.165, 1.54) is 0 Å². The van der Waals surface area contributed by atoms with E-state index in [0.717, 1.165) is 5.69 Å². The lowest BCUT2D eigenvalue weighted by molar-refractivity contribution is 0.762. The molecule has 1 rings (SSSR count). The van der Waals surface area contributed by atoms with E-state index >= 15 is 0 Å². The number of benzene rings is 1. The van der Waals surface area contributed by atoms with Gasteiger partial charge in [0.05, 0.1) is 5.69 Å². The molecule has 0 aliphatic heterocycles. The topological polar surface area (TPSA) is 41.1 Å². The molecule has 60 valence electrons. The SMILES string of the molecule is [C-]#[N+]CNN=Nc1ccccc1. The Kier molecular flexibility index (Phi) is 3.32. The maximum Gasteiger partial charge on any atom is 0.302 e. The summed E-state index contributed by atoms with van der Waals surface area (Å²) in [7, 11) is 0. The van der Waals surface area contributed by atoms with E-state index in [1.54, 1.807) is 0 Å². The van der Waals surface area contributed by atoms with Crippen molar-refractivity contribution in [1.82, 2.24) is 5.43 Å². The van der Waals surface area contributed by atoms with E-state index in [0.29, 0.717) is 0 Å². The molecule has 0 aliphatic rings. The Morgan fingerprint density at radius 2 is 2.08 bits per heavy atom. The van der Waals surface area contributed by atoms with E-state index in [-0.39, 0.29) is 6.67 Å². The molecule has 1 aromatic carbocycles. The van der Waals surface area contributed by atoms with Crippen LogP contribution in [0.1, 0.15) is 0 Å². The summed E-state index contributed by atoms with van der Waals surface area (Å²) in [4.78, 5) is 3.05. The molecule has 0 saturated heterocycles. The van der Waals surface area contributed by atoms with Crippen LogP contribution in [-0.2, 0) is 0 Å². The molecule has 1 N–H and O–H groups in total. The minimum Gasteiger partial charge on any atom is -0.292 e. The second-order valence-electron chi connectivity index (χ2n) is 2.01. The van der Waals surface area contributed by atoms with Crippen molar-refractivity contribution in [2.45, 2.75) is 0 Å². The third-order valence-electron chi connectivity index (χ3n) is 1.14. The van der Waals surface area contributed by atoms with E-state index in [9.17, 15) is 0 Å². The highest BCUT2D eigenvalue weighted by Crippen LogP contribution is 2.08. The average molecular weight is 160 g/mol. The van der Waals surface area contributed by atoms with E-state index < -0.39 is 0 Å². The van der Waals surface area contributed by atoms with Crippen molar-refractivity contribution in [3.8, 4) is 0 Å². The van der Waals surface area contributed by atoms with Gasteiger partial charge in [-0.1, -0.05) is 23.4 Å². The van der Waals surface area contributed by atoms with Crippen LogP contribution in [0.25, 0.3) is 4.85 Å². The smallest absolute Gasteiger partial charge is 0.292 e. The highest BCUT2D eigenvalue weighted by atomic mass is 15.4. The molecular formula is C8H8N4. The van der Waals surface area contributed by atoms with Crippen LogP contribution in [0.4, 0.5) is 5.69 Å². The molecule has 0 amide bonds. The van der Waals surface area contributed by atoms with Crippen molar-refractivity contribution >= 4 is 5.69 Å². The van der Waals surface area contributed by atoms with Crippen LogP contribution in [-0.4, -0.2) is 6.67 Å². The van der Waals surface area contributed by atoms with Gasteiger partial charge >= 0.3 is 6.67 Å². The highest BCUT2D eigenvalue weighted by Gasteiger charge is 1.83. The first-order valence-corrected chi connectivity index (χ1v) is 3.45. The predicted molar refractivity (Wildman–Crippen MR) is 45.6 cm³/mol. The molecule has 0 radical (unpaired) electrons. The first kappa shape index (κ1) is 8.21. The van der Waals surface area contributed by atoms with Gasteiger partial charge in [0.1, 0.15) is 0 Å². The van der Waals surface area contributed by atoms with Crippen molar-refractivity contribution < 1.29 is 0 Å². The molecule has 12 heavy (non-hydrogen) atoms. The minimum absolute atomic E-state index is 0.163. The second-order valence-corrected chi connectivity index (χ2v) is 2.01. The number of nitrogens with zero attached hydrogens (tertiary/aromatic N) is 3. The lowest BCUT2D eigenvalue weighted by atomic mass is 10.3. The van der Waals surface area contributed by atoms with Crippen LogP contribution in [0.15, 0.2) is 40.7 Å². The summed E-state index contributed by atoms with van der Waals surface area (Å²) >= 11 is 0. The van der Waals surface area contributed by atoms with E-state index in [4.69, 9.17) is 6.57 Å². The summed E-state index contributed by atoms with van der Waals surface area (Å²) in [5.74, 6) is 0. The Morgan fingerprint density at radius 3 is 2.75 bits per heavy atom. The van der Waals surface area contributed by atoms with Crippen molar-refractivity contribution in [2.24, 2.45) is 10.3 Å². The molecule has 0 heterocycles. The number of hydrogen-bond donors (Lipinski definition) is 1. The van der Waals surface area contributed by atoms with Crippen LogP contribution in [0, 0.1) is 6.57 Å². The molecule has 0 atom stereocenters. The zero-order valence-electron chi connectivity index (χ0n) is 6.44. The van der Waals surface area contributed by atoms with Crippen LogP contribution in [0.2, 0.25) is 0 Å². The normalized spacial score (nSPS) is 9.58. The Balaban J connectivity index is 2.43. The summed E-state index contributed by atoms with van der Waals surface area (Å²) < 4.78 is 0. The number of nitrogens with one attached hydrogen (secondary N) is 1. The molecule has 0 bridgehead atoms. The first-order chi connectivity index (χ1) is 5.93. The summed E-state index contributed by atoms with van der Waals surface area (Å²) in [5.41, 5.74) is 3.26. The highest BCUT2D eigenvalue weighted by molar-refractivity contribution is 5.34. The average Bonchev–Trinajstić information content (AvgIpc) is 2.14. The molecule has 0 aliphatic carbocycles. The van der Waals surface area contributed by atoms with Crippen molar-refractivity contribution in [1.29, 1.82) is 0 Å². The van der Waals surface area contributed by atoms with Gasteiger partial charge in [-0.15, -0.1) is 5.11 Å². The van der Waals surface area contributed by atoms with Gasteiger partial charge in [0.25, 0.3) is 0 Å². The largest absolute Gasteiger partial charge is 0.302 e. The Labute approximate surface area is 70.7 Å². The lowest BCUT2D eigenvalue weighted by Crippen LogP contribution is -2.00. The van der Waals surface area contributed by atoms with Crippen molar-refractivity contribution in [3.05, 3.63) is 41.7 Å². The second kappa shape index (κ2) is 4.85. The monoisotopic (exact) mass is 160 g/mol. The van der Waals surface area contributed by atoms with Gasteiger partial charge in [-0.05, 0) is 12.1 Å². The van der Waals surface area contributed by atoms with E-state index in [1.807, 2.05) is 30.3 Å². The molecule has 4 nitrogen and oxygen atoms in total. The fourth-order valence-corrected chi connectivity index (χ4v) is 0.655. The quantitative estimate of drug-likeness (QED) is 0.313. The molecule has 0 unspecified atom stereocenters. The fraction of sp³-hybridized carbons (Fsp3) is 0.125. The van der Waals surface area contributed by atoms with Gasteiger partial charge in [-0.25, -0.2) is 12.0 Å². The van der Waals surface area contributed by atoms with Gasteiger partial charge < -0.3 is 0 Å². The molecule has 1 aromatic rings. The van der Waals surface area contributed by atoms with Crippen LogP contribution in [0.3, 0.4) is 0 Å². The van der Waals surface area contributed by atoms with Crippen molar-refractivity contribution in [3.63, 3.8) is 0 Å². The first-order valence-electron chi connectivity index (χ1n) is 3.45. The molecule has 0 saturated carbocycles. The molecule has 0 aromatic heterocycles. The van der Waals surface area contributed by atoms with Gasteiger partial charge in [-0.2, -0.15) is 0 Å². The standard InChI is InChI=1S/C8H8N4/c1-9-7-10-12-11-8-5-3-2-4-6-8/h2-6H,7H2,(H,10,11). The Bertz CT molecular complexity index is 286. The van der Waals surface area contributed by atoms with Crippen molar-refractivity contribution in [2.75, 3.05) is 6.67 Å². The maximum atomic E-state index is 6.45. The fourth-order valence-electron chi connectivity index (χ4n) is 0.655. The van der Waals surface area contributed by atoms with Gasteiger partial charge in [0.15, 0.2) is 0 Å². The third-order valence-corrected chi connectivity index (χ3v) is 1.14. The maximum absolute atomic E-state index is 6.45. The van der Waals surface area contributed by atoms with Crippen LogP contribution >= 0.6 is 0 Å². The van der Waals surface area contributed by atoms with Gasteiger partial charge in [0.2, 0.25) is 0 Å². The summed E-state index contributed by atoms with van der Waals surface area (Å²) in [6, 6.07) is 9.34. The molecule has 4 heteroatoms. The van der Waals surface area contributed by atoms with Crippen LogP contribution < -0.4 is 5.43 Å². The summed E-state index contributed by atoms with van der Waals surface area (Å²) in [6.07, 6.45) is 0. The zero-order valence-corrected chi connectivity index (χ0v) is 6.44. The summed E-state index contributed by atoms with van der Waals surface area (Å²) in [6.45, 7) is 6.61. The van der Waals surface area contributed by atoms with E-state index in [2.05, 4.69) is 20.6 Å². The predicted octanol–water partition coefficient (Wildman–Crippen LogP) is 2.15. The Hall–Kier alpha value is -1.89. The number of rotatable bonds is 3. The third kappa shape index (κ3) is 2.80. The number of hydrogen-bond acceptors (Lipinski definition) is 2. The zero-order chi connectivity index (χ0) is 8.65. The lowest BCUT2D eigenvalue weighted by Gasteiger charge is -1.88. The Morgan fingerprint density at radius 1 is 1.33 bits per heavy atom. The van der Waals surface area contributed by atoms with Crippen LogP contribution in [0.5, 0.6) is 0 Å². The summed E-state index contributed by atoms with van der Waals surface area (Å²) in [5, 5.41) is 7.41.